The van der Waals surface area contributed by atoms with Gasteiger partial charge in [-0.1, -0.05) is 30.3 Å². The van der Waals surface area contributed by atoms with Gasteiger partial charge in [-0.15, -0.1) is 0 Å². The van der Waals surface area contributed by atoms with Gasteiger partial charge in [0, 0.05) is 37.6 Å². The summed E-state index contributed by atoms with van der Waals surface area (Å²) >= 11 is 0. The Kier molecular flexibility index (Phi) is 5.81. The molecule has 3 N–H and O–H groups in total. The van der Waals surface area contributed by atoms with Gasteiger partial charge >= 0.3 is 0 Å². The predicted octanol–water partition coefficient (Wildman–Crippen LogP) is 3.44. The highest BCUT2D eigenvalue weighted by Gasteiger charge is 2.20. The maximum atomic E-state index is 5.96. The molecular weight excluding hydrogens is 374 g/mol. The number of piperazine rings is 1. The van der Waals surface area contributed by atoms with E-state index in [1.54, 1.807) is 0 Å². The lowest BCUT2D eigenvalue weighted by molar-refractivity contribution is 0.244. The van der Waals surface area contributed by atoms with Crippen LogP contribution in [0.2, 0.25) is 0 Å². The minimum Gasteiger partial charge on any atom is -0.369 e. The molecule has 1 aromatic heterocycles. The van der Waals surface area contributed by atoms with Crippen LogP contribution in [0.5, 0.6) is 0 Å². The smallest absolute Gasteiger partial charge is 0.232 e. The number of hydrogen-bond donors (Lipinski definition) is 2. The van der Waals surface area contributed by atoms with E-state index in [0.29, 0.717) is 18.3 Å². The molecule has 0 unspecified atom stereocenters. The normalized spacial score (nSPS) is 14.7. The minimum atomic E-state index is 0.241. The van der Waals surface area contributed by atoms with Crippen LogP contribution in [-0.2, 0) is 6.54 Å². The van der Waals surface area contributed by atoms with Gasteiger partial charge in [0.05, 0.1) is 6.54 Å². The molecule has 1 saturated heterocycles. The van der Waals surface area contributed by atoms with Crippen LogP contribution in [0.15, 0.2) is 42.5 Å². The van der Waals surface area contributed by atoms with E-state index < -0.39 is 0 Å². The number of rotatable bonds is 5. The Labute approximate surface area is 178 Å². The Morgan fingerprint density at radius 1 is 0.867 bits per heavy atom. The van der Waals surface area contributed by atoms with E-state index in [-0.39, 0.29) is 5.95 Å². The predicted molar refractivity (Wildman–Crippen MR) is 122 cm³/mol. The number of benzene rings is 2. The van der Waals surface area contributed by atoms with Crippen molar-refractivity contribution in [3.8, 4) is 0 Å². The van der Waals surface area contributed by atoms with Gasteiger partial charge < -0.3 is 16.0 Å². The summed E-state index contributed by atoms with van der Waals surface area (Å²) in [5.74, 6) is 1.42. The maximum Gasteiger partial charge on any atom is 0.232 e. The Hall–Kier alpha value is -3.19. The number of nitrogen functional groups attached to an aromatic ring is 1. The number of aromatic nitrogens is 3. The fourth-order valence-electron chi connectivity index (χ4n) is 3.82. The second-order valence-electron chi connectivity index (χ2n) is 7.86. The van der Waals surface area contributed by atoms with Gasteiger partial charge in [0.25, 0.3) is 0 Å². The summed E-state index contributed by atoms with van der Waals surface area (Å²) in [4.78, 5) is 18.0. The molecule has 0 radical (unpaired) electrons. The number of para-hydroxylation sites is 1. The highest BCUT2D eigenvalue weighted by Crippen LogP contribution is 2.24. The molecule has 0 amide bonds. The first kappa shape index (κ1) is 20.1. The number of anilines is 4. The molecule has 7 heteroatoms. The second-order valence-corrected chi connectivity index (χ2v) is 7.86. The molecule has 1 aliphatic heterocycles. The highest BCUT2D eigenvalue weighted by atomic mass is 15.3. The number of hydrogen-bond acceptors (Lipinski definition) is 7. The van der Waals surface area contributed by atoms with E-state index in [2.05, 4.69) is 62.1 Å². The summed E-state index contributed by atoms with van der Waals surface area (Å²) in [6.07, 6.45) is 0. The van der Waals surface area contributed by atoms with Crippen molar-refractivity contribution in [1.29, 1.82) is 0 Å². The number of nitrogens with two attached hydrogens (primary N) is 1. The molecule has 0 saturated carbocycles. The van der Waals surface area contributed by atoms with Crippen LogP contribution in [0.25, 0.3) is 0 Å². The molecule has 0 atom stereocenters. The zero-order chi connectivity index (χ0) is 21.1. The Balaban J connectivity index is 1.41. The molecule has 1 aliphatic rings. The molecule has 0 aliphatic carbocycles. The Bertz CT molecular complexity index is 1030. The summed E-state index contributed by atoms with van der Waals surface area (Å²) in [6, 6.07) is 14.6. The van der Waals surface area contributed by atoms with E-state index in [1.807, 2.05) is 31.2 Å². The molecule has 2 heterocycles. The molecule has 0 bridgehead atoms. The lowest BCUT2D eigenvalue weighted by Gasteiger charge is -2.36. The van der Waals surface area contributed by atoms with Crippen molar-refractivity contribution in [3.05, 3.63) is 65.0 Å². The van der Waals surface area contributed by atoms with E-state index >= 15 is 0 Å². The van der Waals surface area contributed by atoms with E-state index in [0.717, 1.165) is 37.4 Å². The van der Waals surface area contributed by atoms with Gasteiger partial charge in [-0.2, -0.15) is 15.0 Å². The first-order chi connectivity index (χ1) is 14.5. The summed E-state index contributed by atoms with van der Waals surface area (Å²) in [5, 5.41) is 3.26. The lowest BCUT2D eigenvalue weighted by atomic mass is 10.1. The summed E-state index contributed by atoms with van der Waals surface area (Å²) in [6.45, 7) is 11.0. The highest BCUT2D eigenvalue weighted by molar-refractivity contribution is 5.58. The van der Waals surface area contributed by atoms with Gasteiger partial charge in [0.1, 0.15) is 5.82 Å². The zero-order valence-electron chi connectivity index (χ0n) is 17.9. The standard InChI is InChI=1S/C23H29N7/c1-16-8-6-10-20(18(16)3)30-13-11-29(12-14-30)15-21-26-22(24)28-23(27-21)25-19-9-5-4-7-17(19)2/h4-10H,11-15H2,1-3H3,(H3,24,25,26,27,28). The molecule has 7 nitrogen and oxygen atoms in total. The van der Waals surface area contributed by atoms with Crippen molar-refractivity contribution in [2.75, 3.05) is 42.1 Å². The lowest BCUT2D eigenvalue weighted by Crippen LogP contribution is -2.46. The molecule has 4 rings (SSSR count). The average Bonchev–Trinajstić information content (AvgIpc) is 2.72. The van der Waals surface area contributed by atoms with Crippen molar-refractivity contribution in [2.24, 2.45) is 0 Å². The van der Waals surface area contributed by atoms with Crippen LogP contribution in [0.4, 0.5) is 23.3 Å². The summed E-state index contributed by atoms with van der Waals surface area (Å²) in [7, 11) is 0. The number of aryl methyl sites for hydroxylation is 2. The van der Waals surface area contributed by atoms with E-state index in [9.17, 15) is 0 Å². The van der Waals surface area contributed by atoms with Crippen molar-refractivity contribution < 1.29 is 0 Å². The third-order valence-corrected chi connectivity index (χ3v) is 5.74. The largest absolute Gasteiger partial charge is 0.369 e. The number of nitrogens with zero attached hydrogens (tertiary/aromatic N) is 5. The van der Waals surface area contributed by atoms with Crippen molar-refractivity contribution >= 4 is 23.3 Å². The van der Waals surface area contributed by atoms with E-state index in [1.165, 1.54) is 16.8 Å². The van der Waals surface area contributed by atoms with Gasteiger partial charge in [-0.05, 0) is 49.6 Å². The van der Waals surface area contributed by atoms with Gasteiger partial charge in [0.15, 0.2) is 0 Å². The summed E-state index contributed by atoms with van der Waals surface area (Å²) in [5.41, 5.74) is 12.1. The molecule has 2 aromatic carbocycles. The Morgan fingerprint density at radius 3 is 2.37 bits per heavy atom. The number of nitrogens with one attached hydrogen (secondary N) is 1. The van der Waals surface area contributed by atoms with Gasteiger partial charge in [0.2, 0.25) is 11.9 Å². The molecule has 0 spiro atoms. The van der Waals surface area contributed by atoms with Crippen LogP contribution < -0.4 is 16.0 Å². The molecule has 30 heavy (non-hydrogen) atoms. The maximum absolute atomic E-state index is 5.96. The van der Waals surface area contributed by atoms with Crippen LogP contribution in [-0.4, -0.2) is 46.0 Å². The first-order valence-corrected chi connectivity index (χ1v) is 10.4. The molecule has 1 fully saturated rings. The monoisotopic (exact) mass is 403 g/mol. The zero-order valence-corrected chi connectivity index (χ0v) is 17.9. The van der Waals surface area contributed by atoms with E-state index in [4.69, 9.17) is 5.73 Å². The second kappa shape index (κ2) is 8.67. The average molecular weight is 404 g/mol. The third-order valence-electron chi connectivity index (χ3n) is 5.74. The van der Waals surface area contributed by atoms with Gasteiger partial charge in [-0.25, -0.2) is 0 Å². The van der Waals surface area contributed by atoms with Crippen molar-refractivity contribution in [2.45, 2.75) is 27.3 Å². The Morgan fingerprint density at radius 2 is 1.60 bits per heavy atom. The third kappa shape index (κ3) is 4.52. The van der Waals surface area contributed by atoms with Gasteiger partial charge in [-0.3, -0.25) is 4.90 Å². The van der Waals surface area contributed by atoms with Crippen LogP contribution in [0.3, 0.4) is 0 Å². The van der Waals surface area contributed by atoms with Crippen LogP contribution in [0.1, 0.15) is 22.5 Å². The fourth-order valence-corrected chi connectivity index (χ4v) is 3.82. The van der Waals surface area contributed by atoms with Crippen LogP contribution >= 0.6 is 0 Å². The summed E-state index contributed by atoms with van der Waals surface area (Å²) < 4.78 is 0. The minimum absolute atomic E-state index is 0.241. The SMILES string of the molecule is Cc1ccccc1Nc1nc(N)nc(CN2CCN(c3cccc(C)c3C)CC2)n1. The quantitative estimate of drug-likeness (QED) is 0.675. The molecule has 156 valence electrons. The molecule has 3 aromatic rings. The molecular formula is C23H29N7. The van der Waals surface area contributed by atoms with Crippen LogP contribution in [0, 0.1) is 20.8 Å². The van der Waals surface area contributed by atoms with Crippen molar-refractivity contribution in [3.63, 3.8) is 0 Å². The topological polar surface area (TPSA) is 83.2 Å². The first-order valence-electron chi connectivity index (χ1n) is 10.4. The fraction of sp³-hybridized carbons (Fsp3) is 0.348. The van der Waals surface area contributed by atoms with Crippen molar-refractivity contribution in [1.82, 2.24) is 19.9 Å².